The van der Waals surface area contributed by atoms with E-state index in [0.717, 1.165) is 31.9 Å². The number of benzene rings is 1. The Hall–Kier alpha value is -1.75. The van der Waals surface area contributed by atoms with Gasteiger partial charge in [0.15, 0.2) is 0 Å². The molecule has 0 spiro atoms. The zero-order chi connectivity index (χ0) is 14.7. The highest BCUT2D eigenvalue weighted by molar-refractivity contribution is 5.79. The minimum Gasteiger partial charge on any atom is -0.493 e. The molecule has 114 valence electrons. The summed E-state index contributed by atoms with van der Waals surface area (Å²) in [6, 6.07) is 9.01. The molecule has 1 aliphatic carbocycles. The quantitative estimate of drug-likeness (QED) is 0.364. The fraction of sp³-hybridized carbons (Fsp3) is 0.562. The number of hydrogen-bond acceptors (Lipinski definition) is 4. The molecule has 0 radical (unpaired) electrons. The van der Waals surface area contributed by atoms with Crippen LogP contribution in [0, 0.1) is 0 Å². The smallest absolute Gasteiger partial charge is 0.140 e. The fourth-order valence-corrected chi connectivity index (χ4v) is 3.06. The van der Waals surface area contributed by atoms with Crippen LogP contribution in [-0.2, 0) is 0 Å². The van der Waals surface area contributed by atoms with Gasteiger partial charge in [-0.1, -0.05) is 23.4 Å². The standard InChI is InChI=1S/C16H23N3O2/c17-16(18-20)7-9-19(13-5-6-13)11-12-8-10-21-15-4-2-1-3-14(12)15/h1-4,12-13,20H,5-11H2,(H2,17,18). The van der Waals surface area contributed by atoms with Crippen LogP contribution in [0.5, 0.6) is 5.75 Å². The van der Waals surface area contributed by atoms with Gasteiger partial charge in [0.05, 0.1) is 6.61 Å². The number of nitrogens with two attached hydrogens (primary N) is 1. The van der Waals surface area contributed by atoms with Crippen molar-refractivity contribution in [3.63, 3.8) is 0 Å². The maximum absolute atomic E-state index is 8.68. The van der Waals surface area contributed by atoms with E-state index in [0.29, 0.717) is 24.2 Å². The summed E-state index contributed by atoms with van der Waals surface area (Å²) in [5.41, 5.74) is 6.92. The second-order valence-corrected chi connectivity index (χ2v) is 5.94. The summed E-state index contributed by atoms with van der Waals surface area (Å²) in [6.07, 6.45) is 4.21. The number of hydrogen-bond donors (Lipinski definition) is 2. The summed E-state index contributed by atoms with van der Waals surface area (Å²) in [7, 11) is 0. The largest absolute Gasteiger partial charge is 0.493 e. The summed E-state index contributed by atoms with van der Waals surface area (Å²) in [5.74, 6) is 1.86. The summed E-state index contributed by atoms with van der Waals surface area (Å²) in [4.78, 5) is 2.49. The molecule has 1 unspecified atom stereocenters. The van der Waals surface area contributed by atoms with E-state index in [-0.39, 0.29) is 0 Å². The molecule has 0 aromatic heterocycles. The van der Waals surface area contributed by atoms with Crippen molar-refractivity contribution in [3.8, 4) is 5.75 Å². The Morgan fingerprint density at radius 3 is 2.90 bits per heavy atom. The predicted molar refractivity (Wildman–Crippen MR) is 81.9 cm³/mol. The molecule has 0 bridgehead atoms. The number of rotatable bonds is 6. The van der Waals surface area contributed by atoms with Crippen LogP contribution in [0.4, 0.5) is 0 Å². The van der Waals surface area contributed by atoms with Gasteiger partial charge in [-0.25, -0.2) is 0 Å². The Morgan fingerprint density at radius 2 is 2.14 bits per heavy atom. The maximum atomic E-state index is 8.68. The highest BCUT2D eigenvalue weighted by Gasteiger charge is 2.32. The van der Waals surface area contributed by atoms with Gasteiger partial charge in [-0.3, -0.25) is 4.90 Å². The van der Waals surface area contributed by atoms with E-state index in [2.05, 4.69) is 28.3 Å². The molecule has 0 amide bonds. The van der Waals surface area contributed by atoms with Gasteiger partial charge in [-0.15, -0.1) is 0 Å². The molecule has 5 nitrogen and oxygen atoms in total. The van der Waals surface area contributed by atoms with Crippen LogP contribution in [0.2, 0.25) is 0 Å². The summed E-state index contributed by atoms with van der Waals surface area (Å²) >= 11 is 0. The van der Waals surface area contributed by atoms with Gasteiger partial charge in [-0.2, -0.15) is 0 Å². The SMILES string of the molecule is N/C(CCN(CC1CCOc2ccccc21)C1CC1)=N/O. The molecular formula is C16H23N3O2. The number of amidine groups is 1. The topological polar surface area (TPSA) is 71.1 Å². The van der Waals surface area contributed by atoms with Crippen LogP contribution < -0.4 is 10.5 Å². The highest BCUT2D eigenvalue weighted by atomic mass is 16.5. The van der Waals surface area contributed by atoms with Crippen LogP contribution in [0.25, 0.3) is 0 Å². The van der Waals surface area contributed by atoms with E-state index in [9.17, 15) is 0 Å². The van der Waals surface area contributed by atoms with Crippen LogP contribution in [0.1, 0.15) is 37.2 Å². The van der Waals surface area contributed by atoms with Crippen molar-refractivity contribution < 1.29 is 9.94 Å². The first-order chi connectivity index (χ1) is 10.3. The molecule has 1 fully saturated rings. The predicted octanol–water partition coefficient (Wildman–Crippen LogP) is 2.15. The van der Waals surface area contributed by atoms with E-state index in [1.165, 1.54) is 18.4 Å². The number of para-hydroxylation sites is 1. The van der Waals surface area contributed by atoms with E-state index >= 15 is 0 Å². The third-order valence-electron chi connectivity index (χ3n) is 4.38. The van der Waals surface area contributed by atoms with Crippen molar-refractivity contribution >= 4 is 5.84 Å². The lowest BCUT2D eigenvalue weighted by molar-refractivity contribution is 0.207. The average Bonchev–Trinajstić information content (AvgIpc) is 3.36. The van der Waals surface area contributed by atoms with Crippen molar-refractivity contribution in [1.29, 1.82) is 0 Å². The third-order valence-corrected chi connectivity index (χ3v) is 4.38. The minimum atomic E-state index is 0.313. The van der Waals surface area contributed by atoms with Gasteiger partial charge in [0.1, 0.15) is 11.6 Å². The van der Waals surface area contributed by atoms with Gasteiger partial charge < -0.3 is 15.7 Å². The molecule has 1 aromatic rings. The molecule has 5 heteroatoms. The van der Waals surface area contributed by atoms with Crippen LogP contribution in [0.15, 0.2) is 29.4 Å². The zero-order valence-corrected chi connectivity index (χ0v) is 12.2. The summed E-state index contributed by atoms with van der Waals surface area (Å²) in [6.45, 7) is 2.68. The highest BCUT2D eigenvalue weighted by Crippen LogP contribution is 2.36. The molecule has 21 heavy (non-hydrogen) atoms. The third kappa shape index (κ3) is 3.47. The van der Waals surface area contributed by atoms with Gasteiger partial charge >= 0.3 is 0 Å². The van der Waals surface area contributed by atoms with Crippen molar-refractivity contribution in [1.82, 2.24) is 4.90 Å². The average molecular weight is 289 g/mol. The molecule has 1 heterocycles. The van der Waals surface area contributed by atoms with E-state index in [1.807, 2.05) is 6.07 Å². The Balaban J connectivity index is 1.66. The van der Waals surface area contributed by atoms with E-state index in [1.54, 1.807) is 0 Å². The van der Waals surface area contributed by atoms with Crippen molar-refractivity contribution in [2.75, 3.05) is 19.7 Å². The molecule has 1 saturated carbocycles. The Labute approximate surface area is 125 Å². The molecule has 1 aliphatic heterocycles. The number of nitrogens with zero attached hydrogens (tertiary/aromatic N) is 2. The van der Waals surface area contributed by atoms with Crippen LogP contribution >= 0.6 is 0 Å². The molecule has 0 saturated heterocycles. The Morgan fingerprint density at radius 1 is 1.33 bits per heavy atom. The van der Waals surface area contributed by atoms with Crippen LogP contribution in [0.3, 0.4) is 0 Å². The Bertz CT molecular complexity index is 514. The van der Waals surface area contributed by atoms with Gasteiger partial charge in [0.25, 0.3) is 0 Å². The summed E-state index contributed by atoms with van der Waals surface area (Å²) < 4.78 is 5.74. The second-order valence-electron chi connectivity index (χ2n) is 5.94. The first-order valence-electron chi connectivity index (χ1n) is 7.70. The molecule has 1 atom stereocenters. The molecule has 2 aliphatic rings. The second kappa shape index (κ2) is 6.35. The minimum absolute atomic E-state index is 0.313. The van der Waals surface area contributed by atoms with Crippen molar-refractivity contribution in [3.05, 3.63) is 29.8 Å². The molecule has 1 aromatic carbocycles. The number of ether oxygens (including phenoxy) is 1. The van der Waals surface area contributed by atoms with Gasteiger partial charge in [0, 0.05) is 31.5 Å². The van der Waals surface area contributed by atoms with Crippen molar-refractivity contribution in [2.24, 2.45) is 10.9 Å². The molecule has 3 rings (SSSR count). The lowest BCUT2D eigenvalue weighted by Crippen LogP contribution is -2.35. The molecular weight excluding hydrogens is 266 g/mol. The molecule has 3 N–H and O–H groups in total. The fourth-order valence-electron chi connectivity index (χ4n) is 3.06. The lowest BCUT2D eigenvalue weighted by Gasteiger charge is -2.31. The number of oxime groups is 1. The van der Waals surface area contributed by atoms with Gasteiger partial charge in [0.2, 0.25) is 0 Å². The van der Waals surface area contributed by atoms with Crippen molar-refractivity contribution in [2.45, 2.75) is 37.6 Å². The zero-order valence-electron chi connectivity index (χ0n) is 12.2. The monoisotopic (exact) mass is 289 g/mol. The lowest BCUT2D eigenvalue weighted by atomic mass is 9.92. The van der Waals surface area contributed by atoms with E-state index in [4.69, 9.17) is 15.7 Å². The first-order valence-corrected chi connectivity index (χ1v) is 7.70. The Kier molecular flexibility index (Phi) is 4.29. The van der Waals surface area contributed by atoms with Crippen LogP contribution in [-0.4, -0.2) is 41.7 Å². The number of fused-ring (bicyclic) bond motifs is 1. The van der Waals surface area contributed by atoms with Gasteiger partial charge in [-0.05, 0) is 30.9 Å². The maximum Gasteiger partial charge on any atom is 0.140 e. The van der Waals surface area contributed by atoms with E-state index < -0.39 is 0 Å². The normalized spacial score (nSPS) is 22.0. The summed E-state index contributed by atoms with van der Waals surface area (Å²) in [5, 5.41) is 11.8. The first kappa shape index (κ1) is 14.2.